The molecule has 0 unspecified atom stereocenters. The van der Waals surface area contributed by atoms with Crippen molar-refractivity contribution in [3.8, 4) is 0 Å². The standard InChI is InChI=1S/C10H20N2O2S/c1-3-11-9-6-10(7-9)4-5-12(8-10)15(2,13)14/h9,11H,3-8H2,1-2H3. The van der Waals surface area contributed by atoms with Gasteiger partial charge in [-0.2, -0.15) is 0 Å². The molecule has 5 heteroatoms. The smallest absolute Gasteiger partial charge is 0.211 e. The second-order valence-electron chi connectivity index (χ2n) is 5.01. The fraction of sp³-hybridized carbons (Fsp3) is 1.00. The van der Waals surface area contributed by atoms with E-state index in [1.54, 1.807) is 4.31 Å². The normalized spacial score (nSPS) is 37.1. The molecule has 1 N–H and O–H groups in total. The molecule has 1 aliphatic heterocycles. The minimum atomic E-state index is -2.97. The molecule has 1 heterocycles. The summed E-state index contributed by atoms with van der Waals surface area (Å²) >= 11 is 0. The molecule has 0 atom stereocenters. The van der Waals surface area contributed by atoms with Crippen LogP contribution in [0.25, 0.3) is 0 Å². The van der Waals surface area contributed by atoms with Crippen LogP contribution in [0.3, 0.4) is 0 Å². The van der Waals surface area contributed by atoms with Crippen molar-refractivity contribution in [3.05, 3.63) is 0 Å². The molecular weight excluding hydrogens is 212 g/mol. The average molecular weight is 232 g/mol. The van der Waals surface area contributed by atoms with Crippen LogP contribution in [0.2, 0.25) is 0 Å². The van der Waals surface area contributed by atoms with E-state index in [4.69, 9.17) is 0 Å². The van der Waals surface area contributed by atoms with Crippen LogP contribution >= 0.6 is 0 Å². The zero-order valence-corrected chi connectivity index (χ0v) is 10.3. The van der Waals surface area contributed by atoms with Gasteiger partial charge in [0.05, 0.1) is 6.26 Å². The quantitative estimate of drug-likeness (QED) is 0.767. The molecule has 1 aliphatic carbocycles. The monoisotopic (exact) mass is 232 g/mol. The second-order valence-corrected chi connectivity index (χ2v) is 6.99. The Morgan fingerprint density at radius 1 is 1.47 bits per heavy atom. The number of nitrogens with one attached hydrogen (secondary N) is 1. The van der Waals surface area contributed by atoms with Crippen LogP contribution in [0, 0.1) is 5.41 Å². The van der Waals surface area contributed by atoms with Gasteiger partial charge in [-0.05, 0) is 31.2 Å². The van der Waals surface area contributed by atoms with Gasteiger partial charge in [0.1, 0.15) is 0 Å². The minimum absolute atomic E-state index is 0.302. The molecule has 2 fully saturated rings. The summed E-state index contributed by atoms with van der Waals surface area (Å²) in [6.07, 6.45) is 4.65. The molecule has 88 valence electrons. The zero-order chi connectivity index (χ0) is 11.1. The lowest BCUT2D eigenvalue weighted by molar-refractivity contribution is 0.1000. The molecular formula is C10H20N2O2S. The highest BCUT2D eigenvalue weighted by Crippen LogP contribution is 2.48. The SMILES string of the molecule is CCNC1CC2(CCN(S(C)(=O)=O)C2)C1. The van der Waals surface area contributed by atoms with Gasteiger partial charge in [-0.1, -0.05) is 6.92 Å². The van der Waals surface area contributed by atoms with Crippen molar-refractivity contribution in [1.82, 2.24) is 9.62 Å². The Balaban J connectivity index is 1.90. The predicted molar refractivity (Wildman–Crippen MR) is 60.2 cm³/mol. The summed E-state index contributed by atoms with van der Waals surface area (Å²) < 4.78 is 24.4. The van der Waals surface area contributed by atoms with Crippen molar-refractivity contribution in [2.45, 2.75) is 32.2 Å². The van der Waals surface area contributed by atoms with Crippen molar-refractivity contribution in [2.24, 2.45) is 5.41 Å². The summed E-state index contributed by atoms with van der Waals surface area (Å²) in [6, 6.07) is 0.620. The number of sulfonamides is 1. The van der Waals surface area contributed by atoms with Crippen molar-refractivity contribution < 1.29 is 8.42 Å². The molecule has 1 saturated carbocycles. The summed E-state index contributed by atoms with van der Waals surface area (Å²) in [5, 5.41) is 3.42. The third kappa shape index (κ3) is 2.19. The van der Waals surface area contributed by atoms with E-state index in [0.29, 0.717) is 11.5 Å². The number of rotatable bonds is 3. The molecule has 0 radical (unpaired) electrons. The lowest BCUT2D eigenvalue weighted by atomic mass is 9.65. The average Bonchev–Trinajstić information content (AvgIpc) is 2.47. The maximum atomic E-state index is 11.4. The highest BCUT2D eigenvalue weighted by Gasteiger charge is 2.49. The van der Waals surface area contributed by atoms with Gasteiger partial charge in [0.15, 0.2) is 0 Å². The van der Waals surface area contributed by atoms with Crippen LogP contribution in [0.15, 0.2) is 0 Å². The van der Waals surface area contributed by atoms with E-state index < -0.39 is 10.0 Å². The van der Waals surface area contributed by atoms with Gasteiger partial charge in [-0.3, -0.25) is 0 Å². The second kappa shape index (κ2) is 3.71. The van der Waals surface area contributed by atoms with Gasteiger partial charge in [0.2, 0.25) is 10.0 Å². The van der Waals surface area contributed by atoms with E-state index in [2.05, 4.69) is 12.2 Å². The topological polar surface area (TPSA) is 49.4 Å². The summed E-state index contributed by atoms with van der Waals surface area (Å²) in [5.74, 6) is 0. The summed E-state index contributed by atoms with van der Waals surface area (Å²) in [6.45, 7) is 4.59. The largest absolute Gasteiger partial charge is 0.314 e. The van der Waals surface area contributed by atoms with Crippen molar-refractivity contribution in [1.29, 1.82) is 0 Å². The van der Waals surface area contributed by atoms with Gasteiger partial charge in [0.25, 0.3) is 0 Å². The molecule has 2 rings (SSSR count). The van der Waals surface area contributed by atoms with E-state index in [-0.39, 0.29) is 0 Å². The van der Waals surface area contributed by atoms with Crippen LogP contribution in [0.5, 0.6) is 0 Å². The van der Waals surface area contributed by atoms with Crippen molar-refractivity contribution in [3.63, 3.8) is 0 Å². The van der Waals surface area contributed by atoms with Crippen LogP contribution < -0.4 is 5.32 Å². The first-order valence-corrected chi connectivity index (χ1v) is 7.48. The Bertz CT molecular complexity index is 333. The van der Waals surface area contributed by atoms with Crippen molar-refractivity contribution in [2.75, 3.05) is 25.9 Å². The van der Waals surface area contributed by atoms with Gasteiger partial charge in [-0.15, -0.1) is 0 Å². The molecule has 0 aromatic carbocycles. The van der Waals surface area contributed by atoms with E-state index in [1.165, 1.54) is 6.26 Å². The lowest BCUT2D eigenvalue weighted by Crippen LogP contribution is -2.50. The van der Waals surface area contributed by atoms with Crippen LogP contribution in [-0.2, 0) is 10.0 Å². The van der Waals surface area contributed by atoms with Crippen molar-refractivity contribution >= 4 is 10.0 Å². The number of nitrogens with zero attached hydrogens (tertiary/aromatic N) is 1. The van der Waals surface area contributed by atoms with E-state index in [0.717, 1.165) is 38.9 Å². The van der Waals surface area contributed by atoms with Crippen LogP contribution in [-0.4, -0.2) is 44.7 Å². The van der Waals surface area contributed by atoms with Gasteiger partial charge < -0.3 is 5.32 Å². The van der Waals surface area contributed by atoms with Gasteiger partial charge in [0, 0.05) is 19.1 Å². The first-order chi connectivity index (χ1) is 6.95. The Kier molecular flexibility index (Phi) is 2.81. The van der Waals surface area contributed by atoms with E-state index in [1.807, 2.05) is 0 Å². The highest BCUT2D eigenvalue weighted by atomic mass is 32.2. The molecule has 0 aromatic heterocycles. The molecule has 2 aliphatic rings. The Hall–Kier alpha value is -0.130. The highest BCUT2D eigenvalue weighted by molar-refractivity contribution is 7.88. The maximum absolute atomic E-state index is 11.4. The molecule has 1 saturated heterocycles. The molecule has 0 amide bonds. The Labute approximate surface area is 92.1 Å². The molecule has 0 bridgehead atoms. The first-order valence-electron chi connectivity index (χ1n) is 5.64. The number of hydrogen-bond donors (Lipinski definition) is 1. The van der Waals surface area contributed by atoms with E-state index >= 15 is 0 Å². The lowest BCUT2D eigenvalue weighted by Gasteiger charge is -2.45. The molecule has 1 spiro atoms. The fourth-order valence-corrected chi connectivity index (χ4v) is 3.86. The van der Waals surface area contributed by atoms with Crippen LogP contribution in [0.4, 0.5) is 0 Å². The Morgan fingerprint density at radius 3 is 2.60 bits per heavy atom. The summed E-state index contributed by atoms with van der Waals surface area (Å²) in [7, 11) is -2.97. The minimum Gasteiger partial charge on any atom is -0.314 e. The molecule has 0 aromatic rings. The third-order valence-corrected chi connectivity index (χ3v) is 4.97. The summed E-state index contributed by atoms with van der Waals surface area (Å²) in [5.41, 5.74) is 0.302. The van der Waals surface area contributed by atoms with Gasteiger partial charge in [-0.25, -0.2) is 12.7 Å². The zero-order valence-electron chi connectivity index (χ0n) is 9.49. The third-order valence-electron chi connectivity index (χ3n) is 3.72. The Morgan fingerprint density at radius 2 is 2.13 bits per heavy atom. The van der Waals surface area contributed by atoms with Crippen LogP contribution in [0.1, 0.15) is 26.2 Å². The van der Waals surface area contributed by atoms with Gasteiger partial charge >= 0.3 is 0 Å². The van der Waals surface area contributed by atoms with E-state index in [9.17, 15) is 8.42 Å². The predicted octanol–water partition coefficient (Wildman–Crippen LogP) is 0.410. The molecule has 15 heavy (non-hydrogen) atoms. The molecule has 4 nitrogen and oxygen atoms in total. The maximum Gasteiger partial charge on any atom is 0.211 e. The number of hydrogen-bond acceptors (Lipinski definition) is 3. The first kappa shape index (κ1) is 11.4. The fourth-order valence-electron chi connectivity index (χ4n) is 2.93. The summed E-state index contributed by atoms with van der Waals surface area (Å²) in [4.78, 5) is 0.